The molecule has 4 rings (SSSR count). The molecule has 1 aromatic carbocycles. The Hall–Kier alpha value is -3.51. The van der Waals surface area contributed by atoms with Crippen LogP contribution in [0, 0.1) is 5.41 Å². The molecule has 2 aromatic rings. The van der Waals surface area contributed by atoms with Gasteiger partial charge in [-0.25, -0.2) is 9.48 Å². The third kappa shape index (κ3) is 5.91. The van der Waals surface area contributed by atoms with Gasteiger partial charge in [-0.3, -0.25) is 4.79 Å². The molecule has 3 heterocycles. The van der Waals surface area contributed by atoms with E-state index in [4.69, 9.17) is 4.74 Å². The first-order valence-electron chi connectivity index (χ1n) is 11.2. The lowest BCUT2D eigenvalue weighted by Gasteiger charge is -2.59. The molecule has 200 valence electrons. The summed E-state index contributed by atoms with van der Waals surface area (Å²) in [6, 6.07) is 2.49. The van der Waals surface area contributed by atoms with Crippen LogP contribution in [-0.2, 0) is 21.9 Å². The quantitative estimate of drug-likeness (QED) is 0.407. The summed E-state index contributed by atoms with van der Waals surface area (Å²) in [6.45, 7) is 7.19. The predicted octanol–water partition coefficient (Wildman–Crippen LogP) is 5.14. The topological polar surface area (TPSA) is 67.7 Å². The molecule has 1 spiro atoms. The standard InChI is InChI=1S/C24H24F6N4O3/c1-21(2,3)37-20(36)33-13-22(14-33)11-32(12-22)19(35)5-7-34-6-4-18(31-34)15-8-16(23(25,26)27)10-17(9-15)24(28,29)30/h4-10H,11-14H2,1-3H3/b7-5-. The minimum atomic E-state index is -4.97. The molecule has 2 aliphatic heterocycles. The molecule has 2 amide bonds. The van der Waals surface area contributed by atoms with E-state index >= 15 is 0 Å². The van der Waals surface area contributed by atoms with Crippen LogP contribution in [0.5, 0.6) is 0 Å². The summed E-state index contributed by atoms with van der Waals surface area (Å²) in [5, 5.41) is 3.98. The minimum absolute atomic E-state index is 0.0493. The maximum atomic E-state index is 13.1. The van der Waals surface area contributed by atoms with Crippen LogP contribution >= 0.6 is 0 Å². The molecule has 2 aliphatic rings. The number of hydrogen-bond acceptors (Lipinski definition) is 4. The van der Waals surface area contributed by atoms with Crippen LogP contribution in [0.15, 0.2) is 36.5 Å². The maximum Gasteiger partial charge on any atom is 0.416 e. The monoisotopic (exact) mass is 530 g/mol. The van der Waals surface area contributed by atoms with Crippen molar-refractivity contribution in [1.29, 1.82) is 0 Å². The highest BCUT2D eigenvalue weighted by molar-refractivity contribution is 5.91. The van der Waals surface area contributed by atoms with Crippen molar-refractivity contribution in [3.63, 3.8) is 0 Å². The molecule has 0 radical (unpaired) electrons. The zero-order valence-electron chi connectivity index (χ0n) is 20.2. The summed E-state index contributed by atoms with van der Waals surface area (Å²) in [6.07, 6.45) is -6.55. The fourth-order valence-electron chi connectivity index (χ4n) is 4.26. The van der Waals surface area contributed by atoms with Gasteiger partial charge in [0.05, 0.1) is 16.8 Å². The fourth-order valence-corrected chi connectivity index (χ4v) is 4.26. The lowest BCUT2D eigenvalue weighted by molar-refractivity contribution is -0.151. The van der Waals surface area contributed by atoms with Gasteiger partial charge in [-0.2, -0.15) is 31.4 Å². The van der Waals surface area contributed by atoms with Crippen molar-refractivity contribution < 1.29 is 40.7 Å². The van der Waals surface area contributed by atoms with Gasteiger partial charge in [0.1, 0.15) is 5.60 Å². The smallest absolute Gasteiger partial charge is 0.416 e. The molecule has 0 bridgehead atoms. The van der Waals surface area contributed by atoms with Crippen LogP contribution in [-0.4, -0.2) is 63.4 Å². The van der Waals surface area contributed by atoms with Crippen molar-refractivity contribution in [2.24, 2.45) is 5.41 Å². The summed E-state index contributed by atoms with van der Waals surface area (Å²) >= 11 is 0. The fraction of sp³-hybridized carbons (Fsp3) is 0.458. The van der Waals surface area contributed by atoms with Gasteiger partial charge >= 0.3 is 18.4 Å². The van der Waals surface area contributed by atoms with E-state index in [2.05, 4.69) is 5.10 Å². The number of likely N-dealkylation sites (tertiary alicyclic amines) is 2. The van der Waals surface area contributed by atoms with Gasteiger partial charge in [-0.1, -0.05) is 0 Å². The number of amides is 2. The van der Waals surface area contributed by atoms with Crippen LogP contribution in [0.4, 0.5) is 31.1 Å². The molecule has 13 heteroatoms. The summed E-state index contributed by atoms with van der Waals surface area (Å²) in [7, 11) is 0. The number of ether oxygens (including phenoxy) is 1. The summed E-state index contributed by atoms with van der Waals surface area (Å²) in [5.74, 6) is -0.336. The predicted molar refractivity (Wildman–Crippen MR) is 120 cm³/mol. The second-order valence-electron chi connectivity index (χ2n) is 10.3. The number of carbonyl (C=O) groups excluding carboxylic acids is 2. The Balaban J connectivity index is 1.37. The van der Waals surface area contributed by atoms with Crippen molar-refractivity contribution in [2.75, 3.05) is 26.2 Å². The number of halogens is 6. The van der Waals surface area contributed by atoms with Crippen LogP contribution in [0.3, 0.4) is 0 Å². The summed E-state index contributed by atoms with van der Waals surface area (Å²) in [4.78, 5) is 27.7. The highest BCUT2D eigenvalue weighted by Gasteiger charge is 2.54. The van der Waals surface area contributed by atoms with Gasteiger partial charge in [0.2, 0.25) is 5.91 Å². The Morgan fingerprint density at radius 3 is 1.97 bits per heavy atom. The average molecular weight is 530 g/mol. The van der Waals surface area contributed by atoms with Crippen LogP contribution < -0.4 is 0 Å². The van der Waals surface area contributed by atoms with Gasteiger partial charge in [0.15, 0.2) is 0 Å². The molecule has 0 atom stereocenters. The number of carbonyl (C=O) groups is 2. The maximum absolute atomic E-state index is 13.1. The van der Waals surface area contributed by atoms with Gasteiger partial charge < -0.3 is 14.5 Å². The number of rotatable bonds is 3. The van der Waals surface area contributed by atoms with E-state index in [9.17, 15) is 35.9 Å². The molecule has 0 saturated carbocycles. The van der Waals surface area contributed by atoms with E-state index < -0.39 is 35.2 Å². The second-order valence-corrected chi connectivity index (χ2v) is 10.3. The van der Waals surface area contributed by atoms with Crippen LogP contribution in [0.25, 0.3) is 17.5 Å². The molecule has 2 fully saturated rings. The molecule has 0 N–H and O–H groups in total. The SMILES string of the molecule is CC(C)(C)OC(=O)N1CC2(CN(C(=O)/C=C\n3ccc(-c4cc(C(F)(F)F)cc(C(F)(F)F)c4)n3)C2)C1. The first kappa shape index (κ1) is 26.6. The van der Waals surface area contributed by atoms with Crippen molar-refractivity contribution in [2.45, 2.75) is 38.7 Å². The molecule has 0 aliphatic carbocycles. The van der Waals surface area contributed by atoms with Crippen molar-refractivity contribution in [3.05, 3.63) is 47.7 Å². The van der Waals surface area contributed by atoms with Crippen molar-refractivity contribution in [3.8, 4) is 11.3 Å². The molecule has 2 saturated heterocycles. The number of alkyl halides is 6. The molecular weight excluding hydrogens is 506 g/mol. The van der Waals surface area contributed by atoms with E-state index in [-0.39, 0.29) is 28.6 Å². The highest BCUT2D eigenvalue weighted by atomic mass is 19.4. The van der Waals surface area contributed by atoms with Crippen LogP contribution in [0.1, 0.15) is 31.9 Å². The van der Waals surface area contributed by atoms with Gasteiger partial charge in [-0.05, 0) is 45.0 Å². The van der Waals surface area contributed by atoms with E-state index in [0.717, 1.165) is 4.68 Å². The number of hydrogen-bond donors (Lipinski definition) is 0. The Bertz CT molecular complexity index is 1200. The van der Waals surface area contributed by atoms with E-state index in [1.807, 2.05) is 0 Å². The summed E-state index contributed by atoms with van der Waals surface area (Å²) < 4.78 is 85.2. The number of benzene rings is 1. The molecular formula is C24H24F6N4O3. The Morgan fingerprint density at radius 1 is 0.919 bits per heavy atom. The molecule has 7 nitrogen and oxygen atoms in total. The Labute approximate surface area is 208 Å². The third-order valence-electron chi connectivity index (χ3n) is 5.93. The lowest BCUT2D eigenvalue weighted by atomic mass is 9.73. The average Bonchev–Trinajstić information content (AvgIpc) is 3.16. The number of nitrogens with zero attached hydrogens (tertiary/aromatic N) is 4. The zero-order valence-corrected chi connectivity index (χ0v) is 20.2. The molecule has 0 unspecified atom stereocenters. The van der Waals surface area contributed by atoms with Crippen LogP contribution in [0.2, 0.25) is 0 Å². The Kier molecular flexibility index (Phi) is 6.32. The first-order chi connectivity index (χ1) is 16.9. The summed E-state index contributed by atoms with van der Waals surface area (Å²) in [5.41, 5.74) is -4.12. The van der Waals surface area contributed by atoms with Gasteiger partial charge in [0, 0.05) is 55.6 Å². The van der Waals surface area contributed by atoms with E-state index in [0.29, 0.717) is 38.3 Å². The van der Waals surface area contributed by atoms with E-state index in [1.54, 1.807) is 30.6 Å². The third-order valence-corrected chi connectivity index (χ3v) is 5.93. The Morgan fingerprint density at radius 2 is 1.46 bits per heavy atom. The number of aromatic nitrogens is 2. The van der Waals surface area contributed by atoms with Gasteiger partial charge in [0.25, 0.3) is 0 Å². The van der Waals surface area contributed by atoms with Crippen molar-refractivity contribution >= 4 is 18.2 Å². The molecule has 1 aromatic heterocycles. The van der Waals surface area contributed by atoms with Crippen molar-refractivity contribution in [1.82, 2.24) is 19.6 Å². The zero-order chi connectivity index (χ0) is 27.4. The first-order valence-corrected chi connectivity index (χ1v) is 11.2. The van der Waals surface area contributed by atoms with E-state index in [1.165, 1.54) is 24.5 Å². The lowest BCUT2D eigenvalue weighted by Crippen LogP contribution is -2.73. The second kappa shape index (κ2) is 8.80. The minimum Gasteiger partial charge on any atom is -0.444 e. The molecule has 37 heavy (non-hydrogen) atoms. The normalized spacial score (nSPS) is 17.6. The largest absolute Gasteiger partial charge is 0.444 e. The highest BCUT2D eigenvalue weighted by Crippen LogP contribution is 2.41. The van der Waals surface area contributed by atoms with Gasteiger partial charge in [-0.15, -0.1) is 0 Å².